The fourth-order valence-corrected chi connectivity index (χ4v) is 3.34. The molecule has 1 aromatic heterocycles. The van der Waals surface area contributed by atoms with Crippen molar-refractivity contribution in [2.45, 2.75) is 63.5 Å². The van der Waals surface area contributed by atoms with Crippen molar-refractivity contribution in [3.8, 4) is 0 Å². The van der Waals surface area contributed by atoms with Crippen LogP contribution in [0.5, 0.6) is 0 Å². The van der Waals surface area contributed by atoms with E-state index in [-0.39, 0.29) is 31.0 Å². The highest BCUT2D eigenvalue weighted by Crippen LogP contribution is 2.41. The molecule has 2 aromatic rings. The fraction of sp³-hybridized carbons (Fsp3) is 0.500. The van der Waals surface area contributed by atoms with Gasteiger partial charge in [0.1, 0.15) is 0 Å². The molecule has 0 bridgehead atoms. The van der Waals surface area contributed by atoms with Gasteiger partial charge >= 0.3 is 12.1 Å². The third-order valence-corrected chi connectivity index (χ3v) is 5.13. The standard InChI is InChI=1S/C22H25F4N3O2/c1-15(23)9-12-20(30)29(18-7-5-6-17(14-18)16-10-11-16)13-4-2-3-8-19-27-21(31-28-19)22(24,25)26/h5-7,14,16H,1-4,8-13H2. The Labute approximate surface area is 178 Å². The van der Waals surface area contributed by atoms with Gasteiger partial charge in [-0.2, -0.15) is 18.2 Å². The quantitative estimate of drug-likeness (QED) is 0.319. The number of anilines is 1. The first-order valence-corrected chi connectivity index (χ1v) is 10.4. The Morgan fingerprint density at radius 1 is 1.19 bits per heavy atom. The number of allylic oxidation sites excluding steroid dienone is 1. The fourth-order valence-electron chi connectivity index (χ4n) is 3.34. The Morgan fingerprint density at radius 2 is 1.97 bits per heavy atom. The molecule has 5 nitrogen and oxygen atoms in total. The molecule has 0 aliphatic heterocycles. The van der Waals surface area contributed by atoms with Crippen LogP contribution in [-0.2, 0) is 17.4 Å². The van der Waals surface area contributed by atoms with Gasteiger partial charge in [-0.05, 0) is 49.3 Å². The van der Waals surface area contributed by atoms with Crippen molar-refractivity contribution in [2.24, 2.45) is 0 Å². The molecule has 31 heavy (non-hydrogen) atoms. The van der Waals surface area contributed by atoms with E-state index < -0.39 is 17.9 Å². The summed E-state index contributed by atoms with van der Waals surface area (Å²) in [5.41, 5.74) is 1.98. The molecule has 9 heteroatoms. The zero-order chi connectivity index (χ0) is 22.4. The lowest BCUT2D eigenvalue weighted by molar-refractivity contribution is -0.159. The third-order valence-electron chi connectivity index (χ3n) is 5.13. The zero-order valence-electron chi connectivity index (χ0n) is 17.1. The van der Waals surface area contributed by atoms with Crippen LogP contribution in [0.1, 0.15) is 68.1 Å². The average Bonchev–Trinajstić information content (AvgIpc) is 3.46. The van der Waals surface area contributed by atoms with Crippen LogP contribution >= 0.6 is 0 Å². The molecule has 3 rings (SSSR count). The second kappa shape index (κ2) is 10.1. The number of hydrogen-bond donors (Lipinski definition) is 0. The summed E-state index contributed by atoms with van der Waals surface area (Å²) in [6.45, 7) is 3.65. The zero-order valence-corrected chi connectivity index (χ0v) is 17.1. The molecule has 0 N–H and O–H groups in total. The number of hydrogen-bond acceptors (Lipinski definition) is 4. The molecule has 0 atom stereocenters. The maximum atomic E-state index is 13.0. The SMILES string of the molecule is C=C(F)CCC(=O)N(CCCCCc1noc(C(F)(F)F)n1)c1cccc(C2CC2)c1. The molecule has 0 unspecified atom stereocenters. The Balaban J connectivity index is 1.54. The first-order valence-electron chi connectivity index (χ1n) is 10.4. The van der Waals surface area contributed by atoms with Gasteiger partial charge in [-0.25, -0.2) is 4.39 Å². The summed E-state index contributed by atoms with van der Waals surface area (Å²) < 4.78 is 54.8. The smallest absolute Gasteiger partial charge is 0.329 e. The molecular weight excluding hydrogens is 414 g/mol. The Kier molecular flexibility index (Phi) is 7.46. The minimum Gasteiger partial charge on any atom is -0.329 e. The largest absolute Gasteiger partial charge is 0.471 e. The van der Waals surface area contributed by atoms with E-state index in [0.29, 0.717) is 31.7 Å². The molecule has 1 aromatic carbocycles. The number of alkyl halides is 3. The first-order chi connectivity index (χ1) is 14.7. The summed E-state index contributed by atoms with van der Waals surface area (Å²) in [7, 11) is 0. The lowest BCUT2D eigenvalue weighted by Gasteiger charge is -2.23. The van der Waals surface area contributed by atoms with Crippen molar-refractivity contribution in [1.29, 1.82) is 0 Å². The molecular formula is C22H25F4N3O2. The normalized spacial score (nSPS) is 13.9. The van der Waals surface area contributed by atoms with E-state index in [1.54, 1.807) is 4.90 Å². The molecule has 168 valence electrons. The predicted molar refractivity (Wildman–Crippen MR) is 107 cm³/mol. The van der Waals surface area contributed by atoms with Gasteiger partial charge in [0.15, 0.2) is 5.82 Å². The Bertz CT molecular complexity index is 906. The maximum absolute atomic E-state index is 13.0. The van der Waals surface area contributed by atoms with Crippen LogP contribution in [0.3, 0.4) is 0 Å². The van der Waals surface area contributed by atoms with Crippen LogP contribution < -0.4 is 4.90 Å². The van der Waals surface area contributed by atoms with Gasteiger partial charge in [-0.1, -0.05) is 30.3 Å². The molecule has 1 aliphatic carbocycles. The number of nitrogens with zero attached hydrogens (tertiary/aromatic N) is 3. The number of benzene rings is 1. The van der Waals surface area contributed by atoms with E-state index in [4.69, 9.17) is 0 Å². The summed E-state index contributed by atoms with van der Waals surface area (Å²) in [5, 5.41) is 3.35. The van der Waals surface area contributed by atoms with Crippen LogP contribution in [0.2, 0.25) is 0 Å². The van der Waals surface area contributed by atoms with Crippen LogP contribution in [0, 0.1) is 0 Å². The minimum absolute atomic E-state index is 0.0128. The topological polar surface area (TPSA) is 59.2 Å². The van der Waals surface area contributed by atoms with Crippen molar-refractivity contribution in [3.63, 3.8) is 0 Å². The Morgan fingerprint density at radius 3 is 2.61 bits per heavy atom. The highest BCUT2D eigenvalue weighted by molar-refractivity contribution is 5.93. The van der Waals surface area contributed by atoms with Crippen LogP contribution in [0.25, 0.3) is 0 Å². The van der Waals surface area contributed by atoms with Crippen molar-refractivity contribution < 1.29 is 26.9 Å². The van der Waals surface area contributed by atoms with Gasteiger partial charge in [0.25, 0.3) is 0 Å². The average molecular weight is 439 g/mol. The summed E-state index contributed by atoms with van der Waals surface area (Å²) in [5.74, 6) is -1.50. The molecule has 1 fully saturated rings. The lowest BCUT2D eigenvalue weighted by atomic mass is 10.1. The molecule has 1 heterocycles. The highest BCUT2D eigenvalue weighted by Gasteiger charge is 2.38. The molecule has 0 saturated heterocycles. The van der Waals surface area contributed by atoms with Gasteiger partial charge in [-0.15, -0.1) is 0 Å². The number of carbonyl (C=O) groups is 1. The van der Waals surface area contributed by atoms with Gasteiger partial charge in [-0.3, -0.25) is 4.79 Å². The maximum Gasteiger partial charge on any atom is 0.471 e. The molecule has 1 amide bonds. The number of unbranched alkanes of at least 4 members (excludes halogenated alkanes) is 2. The summed E-state index contributed by atoms with van der Waals surface area (Å²) in [6, 6.07) is 7.85. The van der Waals surface area contributed by atoms with E-state index in [9.17, 15) is 22.4 Å². The van der Waals surface area contributed by atoms with Crippen LogP contribution in [0.4, 0.5) is 23.2 Å². The monoisotopic (exact) mass is 439 g/mol. The second-order valence-corrected chi connectivity index (χ2v) is 7.76. The van der Waals surface area contributed by atoms with Crippen LogP contribution in [0.15, 0.2) is 41.2 Å². The second-order valence-electron chi connectivity index (χ2n) is 7.76. The number of carbonyl (C=O) groups excluding carboxylic acids is 1. The molecule has 1 saturated carbocycles. The van der Waals surface area contributed by atoms with E-state index in [1.165, 1.54) is 5.56 Å². The van der Waals surface area contributed by atoms with E-state index in [2.05, 4.69) is 21.2 Å². The number of aryl methyl sites for hydroxylation is 1. The van der Waals surface area contributed by atoms with E-state index >= 15 is 0 Å². The lowest BCUT2D eigenvalue weighted by Crippen LogP contribution is -2.31. The van der Waals surface area contributed by atoms with E-state index in [0.717, 1.165) is 18.5 Å². The van der Waals surface area contributed by atoms with Gasteiger partial charge in [0.05, 0.1) is 5.83 Å². The summed E-state index contributed by atoms with van der Waals surface area (Å²) >= 11 is 0. The van der Waals surface area contributed by atoms with Crippen molar-refractivity contribution in [3.05, 3.63) is 53.9 Å². The molecule has 0 spiro atoms. The number of rotatable bonds is 11. The van der Waals surface area contributed by atoms with E-state index in [1.807, 2.05) is 24.3 Å². The van der Waals surface area contributed by atoms with Gasteiger partial charge in [0, 0.05) is 31.5 Å². The summed E-state index contributed by atoms with van der Waals surface area (Å²) in [6.07, 6.45) is -0.224. The first kappa shape index (κ1) is 23.0. The third kappa shape index (κ3) is 6.90. The number of amides is 1. The predicted octanol–water partition coefficient (Wildman–Crippen LogP) is 5.98. The number of aromatic nitrogens is 2. The van der Waals surface area contributed by atoms with Gasteiger partial charge < -0.3 is 9.42 Å². The highest BCUT2D eigenvalue weighted by atomic mass is 19.4. The molecule has 0 radical (unpaired) electrons. The van der Waals surface area contributed by atoms with Crippen molar-refractivity contribution in [1.82, 2.24) is 10.1 Å². The number of halogens is 4. The summed E-state index contributed by atoms with van der Waals surface area (Å²) in [4.78, 5) is 17.7. The molecule has 1 aliphatic rings. The van der Waals surface area contributed by atoms with Gasteiger partial charge in [0.2, 0.25) is 5.91 Å². The van der Waals surface area contributed by atoms with Crippen molar-refractivity contribution in [2.75, 3.05) is 11.4 Å². The Hall–Kier alpha value is -2.71. The van der Waals surface area contributed by atoms with Crippen LogP contribution in [-0.4, -0.2) is 22.6 Å². The minimum atomic E-state index is -4.65. The van der Waals surface area contributed by atoms with Crippen molar-refractivity contribution >= 4 is 11.6 Å².